The summed E-state index contributed by atoms with van der Waals surface area (Å²) in [5.41, 5.74) is 4.42. The maximum Gasteiger partial charge on any atom is 0.278 e. The van der Waals surface area contributed by atoms with Crippen LogP contribution in [0.4, 0.5) is 17.1 Å². The van der Waals surface area contributed by atoms with E-state index in [0.29, 0.717) is 17.3 Å². The van der Waals surface area contributed by atoms with E-state index < -0.39 is 4.92 Å². The number of fused-ring (bicyclic) bond motifs is 2. The standard InChI is InChI=1S/C20H18N4O3/c1-12(13-4-6-16-14(11-13)5-9-19(25)23-16)22-17-7-8-18(24(26)27)15-3-2-10-21-20(15)17/h2-4,6-8,10-12,22H,5,9H2,1H3,(H,23,25). The third kappa shape index (κ3) is 3.19. The number of carbonyl (C=O) groups excluding carboxylic acids is 1. The molecule has 0 fully saturated rings. The van der Waals surface area contributed by atoms with Gasteiger partial charge in [-0.05, 0) is 48.7 Å². The average Bonchev–Trinajstić information content (AvgIpc) is 2.67. The molecule has 0 saturated heterocycles. The Morgan fingerprint density at radius 2 is 2.07 bits per heavy atom. The Bertz CT molecular complexity index is 1060. The molecule has 7 nitrogen and oxygen atoms in total. The fourth-order valence-corrected chi connectivity index (χ4v) is 3.42. The number of aryl methyl sites for hydroxylation is 1. The first-order chi connectivity index (χ1) is 13.0. The van der Waals surface area contributed by atoms with Crippen molar-refractivity contribution < 1.29 is 9.72 Å². The van der Waals surface area contributed by atoms with Crippen molar-refractivity contribution in [2.75, 3.05) is 10.6 Å². The monoisotopic (exact) mass is 362 g/mol. The predicted octanol–water partition coefficient (Wildman–Crippen LogP) is 4.20. The van der Waals surface area contributed by atoms with Gasteiger partial charge in [0.15, 0.2) is 0 Å². The number of nitrogens with zero attached hydrogens (tertiary/aromatic N) is 2. The molecule has 0 spiro atoms. The molecule has 0 bridgehead atoms. The number of nitro groups is 1. The highest BCUT2D eigenvalue weighted by molar-refractivity contribution is 5.97. The second-order valence-electron chi connectivity index (χ2n) is 6.62. The highest BCUT2D eigenvalue weighted by Crippen LogP contribution is 2.33. The van der Waals surface area contributed by atoms with Crippen LogP contribution in [-0.2, 0) is 11.2 Å². The van der Waals surface area contributed by atoms with E-state index in [1.54, 1.807) is 24.4 Å². The fourth-order valence-electron chi connectivity index (χ4n) is 3.42. The van der Waals surface area contributed by atoms with Crippen molar-refractivity contribution in [1.82, 2.24) is 4.98 Å². The number of nitrogens with one attached hydrogen (secondary N) is 2. The molecule has 3 aromatic rings. The van der Waals surface area contributed by atoms with Crippen LogP contribution in [0.15, 0.2) is 48.7 Å². The molecule has 1 aliphatic heterocycles. The van der Waals surface area contributed by atoms with Gasteiger partial charge < -0.3 is 10.6 Å². The van der Waals surface area contributed by atoms with E-state index in [9.17, 15) is 14.9 Å². The Balaban J connectivity index is 1.66. The van der Waals surface area contributed by atoms with E-state index in [4.69, 9.17) is 0 Å². The first kappa shape index (κ1) is 17.0. The van der Waals surface area contributed by atoms with Gasteiger partial charge in [-0.3, -0.25) is 19.9 Å². The van der Waals surface area contributed by atoms with Crippen LogP contribution in [0.25, 0.3) is 10.9 Å². The number of pyridine rings is 1. The van der Waals surface area contributed by atoms with Gasteiger partial charge in [0.25, 0.3) is 5.69 Å². The Hall–Kier alpha value is -3.48. The fraction of sp³-hybridized carbons (Fsp3) is 0.200. The Morgan fingerprint density at radius 3 is 2.89 bits per heavy atom. The van der Waals surface area contributed by atoms with Crippen molar-refractivity contribution in [3.05, 3.63) is 69.9 Å². The summed E-state index contributed by atoms with van der Waals surface area (Å²) in [6.07, 6.45) is 2.85. The van der Waals surface area contributed by atoms with E-state index in [2.05, 4.69) is 21.7 Å². The second-order valence-corrected chi connectivity index (χ2v) is 6.62. The summed E-state index contributed by atoms with van der Waals surface area (Å²) < 4.78 is 0. The summed E-state index contributed by atoms with van der Waals surface area (Å²) in [5.74, 6) is 0.0462. The summed E-state index contributed by atoms with van der Waals surface area (Å²) in [6.45, 7) is 2.03. The van der Waals surface area contributed by atoms with Crippen molar-refractivity contribution >= 4 is 33.9 Å². The van der Waals surface area contributed by atoms with Gasteiger partial charge in [-0.1, -0.05) is 12.1 Å². The maximum absolute atomic E-state index is 11.5. The molecule has 1 aromatic heterocycles. The van der Waals surface area contributed by atoms with E-state index in [1.165, 1.54) is 6.07 Å². The molecular weight excluding hydrogens is 344 g/mol. The summed E-state index contributed by atoms with van der Waals surface area (Å²) >= 11 is 0. The van der Waals surface area contributed by atoms with Crippen LogP contribution in [0.5, 0.6) is 0 Å². The molecule has 1 aliphatic rings. The molecule has 2 N–H and O–H groups in total. The minimum absolute atomic E-state index is 0.0282. The lowest BCUT2D eigenvalue weighted by Crippen LogP contribution is -2.19. The number of non-ortho nitro benzene ring substituents is 1. The summed E-state index contributed by atoms with van der Waals surface area (Å²) in [6, 6.07) is 12.6. The van der Waals surface area contributed by atoms with Crippen LogP contribution in [0.2, 0.25) is 0 Å². The van der Waals surface area contributed by atoms with Gasteiger partial charge in [-0.25, -0.2) is 0 Å². The van der Waals surface area contributed by atoms with Crippen LogP contribution in [0, 0.1) is 10.1 Å². The minimum Gasteiger partial charge on any atom is -0.377 e. The molecule has 1 amide bonds. The van der Waals surface area contributed by atoms with Crippen molar-refractivity contribution in [1.29, 1.82) is 0 Å². The highest BCUT2D eigenvalue weighted by atomic mass is 16.6. The number of aromatic nitrogens is 1. The van der Waals surface area contributed by atoms with Crippen LogP contribution in [0.1, 0.15) is 30.5 Å². The normalized spacial score (nSPS) is 14.3. The molecule has 2 heterocycles. The van der Waals surface area contributed by atoms with Gasteiger partial charge in [0.1, 0.15) is 5.52 Å². The van der Waals surface area contributed by atoms with E-state index in [-0.39, 0.29) is 17.6 Å². The van der Waals surface area contributed by atoms with Crippen molar-refractivity contribution in [2.45, 2.75) is 25.8 Å². The van der Waals surface area contributed by atoms with Crippen LogP contribution in [0.3, 0.4) is 0 Å². The first-order valence-electron chi connectivity index (χ1n) is 8.74. The molecule has 1 atom stereocenters. The maximum atomic E-state index is 11.5. The molecule has 0 radical (unpaired) electrons. The quantitative estimate of drug-likeness (QED) is 0.535. The van der Waals surface area contributed by atoms with E-state index >= 15 is 0 Å². The summed E-state index contributed by atoms with van der Waals surface area (Å²) in [5, 5.41) is 18.1. The lowest BCUT2D eigenvalue weighted by atomic mass is 9.97. The number of nitro benzene ring substituents is 1. The lowest BCUT2D eigenvalue weighted by Gasteiger charge is -2.21. The molecule has 0 aliphatic carbocycles. The Labute approximate surface area is 155 Å². The summed E-state index contributed by atoms with van der Waals surface area (Å²) in [7, 11) is 0. The zero-order valence-electron chi connectivity index (χ0n) is 14.7. The zero-order chi connectivity index (χ0) is 19.0. The number of benzene rings is 2. The Morgan fingerprint density at radius 1 is 1.22 bits per heavy atom. The number of hydrogen-bond donors (Lipinski definition) is 2. The van der Waals surface area contributed by atoms with Crippen molar-refractivity contribution in [3.8, 4) is 0 Å². The zero-order valence-corrected chi connectivity index (χ0v) is 14.7. The predicted molar refractivity (Wildman–Crippen MR) is 104 cm³/mol. The van der Waals surface area contributed by atoms with Crippen LogP contribution >= 0.6 is 0 Å². The van der Waals surface area contributed by atoms with Crippen LogP contribution in [-0.4, -0.2) is 15.8 Å². The summed E-state index contributed by atoms with van der Waals surface area (Å²) in [4.78, 5) is 26.7. The molecule has 0 saturated carbocycles. The van der Waals surface area contributed by atoms with E-state index in [1.807, 2.05) is 19.1 Å². The van der Waals surface area contributed by atoms with Crippen LogP contribution < -0.4 is 10.6 Å². The Kier molecular flexibility index (Phi) is 4.19. The van der Waals surface area contributed by atoms with Gasteiger partial charge in [-0.2, -0.15) is 0 Å². The van der Waals surface area contributed by atoms with Gasteiger partial charge >= 0.3 is 0 Å². The smallest absolute Gasteiger partial charge is 0.278 e. The number of anilines is 2. The van der Waals surface area contributed by atoms with Gasteiger partial charge in [0, 0.05) is 30.4 Å². The van der Waals surface area contributed by atoms with Crippen molar-refractivity contribution in [3.63, 3.8) is 0 Å². The molecule has 1 unspecified atom stereocenters. The highest BCUT2D eigenvalue weighted by Gasteiger charge is 2.18. The molecule has 136 valence electrons. The number of carbonyl (C=O) groups is 1. The topological polar surface area (TPSA) is 97.2 Å². The van der Waals surface area contributed by atoms with Gasteiger partial charge in [0.2, 0.25) is 5.91 Å². The number of hydrogen-bond acceptors (Lipinski definition) is 5. The average molecular weight is 362 g/mol. The number of amides is 1. The molecule has 27 heavy (non-hydrogen) atoms. The SMILES string of the molecule is CC(Nc1ccc([N+](=O)[O-])c2cccnc12)c1ccc2c(c1)CCC(=O)N2. The lowest BCUT2D eigenvalue weighted by molar-refractivity contribution is -0.383. The third-order valence-electron chi connectivity index (χ3n) is 4.84. The molecule has 7 heteroatoms. The first-order valence-corrected chi connectivity index (χ1v) is 8.74. The van der Waals surface area contributed by atoms with Gasteiger partial charge in [-0.15, -0.1) is 0 Å². The second kappa shape index (κ2) is 6.68. The van der Waals surface area contributed by atoms with Crippen molar-refractivity contribution in [2.24, 2.45) is 0 Å². The molecule has 2 aromatic carbocycles. The minimum atomic E-state index is -0.394. The number of rotatable bonds is 4. The molecule has 4 rings (SSSR count). The largest absolute Gasteiger partial charge is 0.377 e. The third-order valence-corrected chi connectivity index (χ3v) is 4.84. The van der Waals surface area contributed by atoms with Gasteiger partial charge in [0.05, 0.1) is 16.0 Å². The van der Waals surface area contributed by atoms with E-state index in [0.717, 1.165) is 28.9 Å². The molecular formula is C20H18N4O3.